The first kappa shape index (κ1) is 27.9. The van der Waals surface area contributed by atoms with E-state index in [1.54, 1.807) is 11.8 Å². The summed E-state index contributed by atoms with van der Waals surface area (Å²) < 4.78 is 0. The summed E-state index contributed by atoms with van der Waals surface area (Å²) in [6.07, 6.45) is 2.57. The smallest absolute Gasteiger partial charge is 0.290 e. The fourth-order valence-corrected chi connectivity index (χ4v) is 5.46. The molecule has 2 aromatic rings. The summed E-state index contributed by atoms with van der Waals surface area (Å²) in [5.41, 5.74) is 2.58. The van der Waals surface area contributed by atoms with E-state index < -0.39 is 10.4 Å². The Kier molecular flexibility index (Phi) is 13.4. The van der Waals surface area contributed by atoms with Crippen molar-refractivity contribution in [1.82, 2.24) is 0 Å². The number of carboxylic acid groups (broad SMARTS) is 1. The summed E-state index contributed by atoms with van der Waals surface area (Å²) in [6.45, 7) is 1.60. The molecule has 0 amide bonds. The third-order valence-electron chi connectivity index (χ3n) is 4.54. The second-order valence-corrected chi connectivity index (χ2v) is 10.1. The highest BCUT2D eigenvalue weighted by atomic mass is 32.2. The van der Waals surface area contributed by atoms with Gasteiger partial charge in [-0.15, -0.1) is 5.21 Å². The maximum Gasteiger partial charge on any atom is 0.290 e. The van der Waals surface area contributed by atoms with E-state index in [0.717, 1.165) is 30.8 Å². The van der Waals surface area contributed by atoms with Crippen LogP contribution in [0.15, 0.2) is 60.7 Å². The van der Waals surface area contributed by atoms with E-state index in [2.05, 4.69) is 48.5 Å². The molecule has 2 rings (SSSR count). The van der Waals surface area contributed by atoms with Gasteiger partial charge in [-0.25, -0.2) is 0 Å². The first-order valence-electron chi connectivity index (χ1n) is 10.2. The van der Waals surface area contributed by atoms with Gasteiger partial charge < -0.3 is 5.11 Å². The monoisotopic (exact) mass is 444 g/mol. The molecule has 0 bridgehead atoms. The van der Waals surface area contributed by atoms with Gasteiger partial charge in [-0.2, -0.15) is 23.5 Å². The summed E-state index contributed by atoms with van der Waals surface area (Å²) in [7, 11) is 25.1. The van der Waals surface area contributed by atoms with Crippen LogP contribution in [0.5, 0.6) is 0 Å². The first-order chi connectivity index (χ1) is 14.7. The lowest BCUT2D eigenvalue weighted by molar-refractivity contribution is -0.122. The van der Waals surface area contributed by atoms with Crippen LogP contribution in [0.4, 0.5) is 0 Å². The molecule has 0 aromatic heterocycles. The van der Waals surface area contributed by atoms with Gasteiger partial charge in [0.25, 0.3) is 6.47 Å². The summed E-state index contributed by atoms with van der Waals surface area (Å²) in [6, 6.07) is 20.8. The topological polar surface area (TPSA) is 37.3 Å². The van der Waals surface area contributed by atoms with E-state index in [1.165, 1.54) is 11.1 Å². The van der Waals surface area contributed by atoms with E-state index in [1.807, 2.05) is 30.8 Å². The lowest BCUT2D eigenvalue weighted by Crippen LogP contribution is -2.30. The minimum Gasteiger partial charge on any atom is -0.483 e. The molecule has 0 aliphatic heterocycles. The summed E-state index contributed by atoms with van der Waals surface area (Å²) in [5, 5.41) is 5.62. The highest BCUT2D eigenvalue weighted by Crippen LogP contribution is 2.41. The van der Waals surface area contributed by atoms with Crippen molar-refractivity contribution in [3.05, 3.63) is 71.8 Å². The average Bonchev–Trinajstić information content (AvgIpc) is 2.71. The predicted octanol–water partition coefficient (Wildman–Crippen LogP) is 5.02. The van der Waals surface area contributed by atoms with Crippen molar-refractivity contribution in [2.45, 2.75) is 53.4 Å². The molecule has 1 atom stereocenters. The second-order valence-electron chi connectivity index (χ2n) is 7.88. The summed E-state index contributed by atoms with van der Waals surface area (Å²) >= 11 is 3.62. The quantitative estimate of drug-likeness (QED) is 0.369. The summed E-state index contributed by atoms with van der Waals surface area (Å²) in [5.74, 6) is 2.52. The fourth-order valence-electron chi connectivity index (χ4n) is 2.96. The molecule has 2 nitrogen and oxygen atoms in total. The van der Waals surface area contributed by atoms with Crippen LogP contribution < -0.4 is 0 Å². The molecule has 31 heavy (non-hydrogen) atoms. The normalized spacial score (nSPS) is 12.4. The van der Waals surface area contributed by atoms with Gasteiger partial charge in [0.1, 0.15) is 0 Å². The van der Waals surface area contributed by atoms with E-state index in [-0.39, 0.29) is 11.7 Å². The third kappa shape index (κ3) is 13.1. The number of thioether (sulfide) groups is 2. The van der Waals surface area contributed by atoms with E-state index in [4.69, 9.17) is 41.3 Å². The van der Waals surface area contributed by atoms with Crippen molar-refractivity contribution < 1.29 is 9.90 Å². The maximum absolute atomic E-state index is 8.36. The molecule has 2 aromatic carbocycles. The molecular formula is C23H28B4O2S2. The van der Waals surface area contributed by atoms with Gasteiger partial charge in [-0.1, -0.05) is 85.6 Å². The van der Waals surface area contributed by atoms with Gasteiger partial charge in [0.15, 0.2) is 0 Å². The van der Waals surface area contributed by atoms with Crippen LogP contribution in [0, 0.1) is 0 Å². The van der Waals surface area contributed by atoms with Gasteiger partial charge in [0.2, 0.25) is 0 Å². The molecule has 8 radical (unpaired) electrons. The number of hydrogen-bond acceptors (Lipinski definition) is 3. The van der Waals surface area contributed by atoms with Gasteiger partial charge in [-0.3, -0.25) is 4.79 Å². The highest BCUT2D eigenvalue weighted by molar-refractivity contribution is 8.00. The predicted molar refractivity (Wildman–Crippen MR) is 141 cm³/mol. The van der Waals surface area contributed by atoms with Crippen LogP contribution in [0.2, 0.25) is 10.4 Å². The van der Waals surface area contributed by atoms with Crippen LogP contribution >= 0.6 is 23.5 Å². The molecule has 0 aliphatic carbocycles. The van der Waals surface area contributed by atoms with Gasteiger partial charge in [0, 0.05) is 11.5 Å². The average molecular weight is 444 g/mol. The fraction of sp³-hybridized carbons (Fsp3) is 0.435. The van der Waals surface area contributed by atoms with Crippen molar-refractivity contribution in [2.75, 3.05) is 5.75 Å². The molecule has 8 heteroatoms. The van der Waals surface area contributed by atoms with Crippen LogP contribution in [0.25, 0.3) is 0 Å². The Hall–Kier alpha value is -1.13. The van der Waals surface area contributed by atoms with Gasteiger partial charge in [-0.05, 0) is 28.6 Å². The van der Waals surface area contributed by atoms with Crippen molar-refractivity contribution >= 4 is 61.4 Å². The minimum absolute atomic E-state index is 0.137. The molecule has 1 unspecified atom stereocenters. The SMILES string of the molecule is O=CO.[B]C([B])(C)CCCC(SCc1ccccc1)C([B])([B])CSCc1ccccc1. The van der Waals surface area contributed by atoms with E-state index >= 15 is 0 Å². The Balaban J connectivity index is 0.00000151. The Morgan fingerprint density at radius 2 is 1.42 bits per heavy atom. The molecule has 156 valence electrons. The van der Waals surface area contributed by atoms with Crippen LogP contribution in [0.1, 0.15) is 37.3 Å². The van der Waals surface area contributed by atoms with Crippen molar-refractivity contribution in [1.29, 1.82) is 0 Å². The molecule has 0 saturated carbocycles. The Morgan fingerprint density at radius 1 is 0.935 bits per heavy atom. The maximum atomic E-state index is 8.36. The number of hydrogen-bond donors (Lipinski definition) is 1. The van der Waals surface area contributed by atoms with Crippen LogP contribution in [-0.4, -0.2) is 54.0 Å². The number of carbonyl (C=O) groups is 1. The standard InChI is InChI=1S/C22H26B4S2.CH2O2/c1-21(23,24)14-8-13-20(28-16-19-11-6-3-7-12-19)22(25,26)17-27-15-18-9-4-2-5-10-18;2-1-3/h2-7,9-12,20H,8,13-17H2,1H3;1H,(H,2,3). The first-order valence-corrected chi connectivity index (χ1v) is 12.4. The Labute approximate surface area is 201 Å². The Morgan fingerprint density at radius 3 is 1.90 bits per heavy atom. The number of benzene rings is 2. The molecule has 0 heterocycles. The van der Waals surface area contributed by atoms with Crippen molar-refractivity contribution in [2.24, 2.45) is 0 Å². The Bertz CT molecular complexity index is 725. The molecular weight excluding hydrogens is 416 g/mol. The summed E-state index contributed by atoms with van der Waals surface area (Å²) in [4.78, 5) is 8.36. The molecule has 0 aliphatic rings. The molecule has 0 spiro atoms. The van der Waals surface area contributed by atoms with Gasteiger partial charge in [0.05, 0.1) is 31.4 Å². The minimum atomic E-state index is -0.751. The zero-order valence-corrected chi connectivity index (χ0v) is 19.8. The van der Waals surface area contributed by atoms with Gasteiger partial charge >= 0.3 is 0 Å². The van der Waals surface area contributed by atoms with E-state index in [9.17, 15) is 0 Å². The lowest BCUT2D eigenvalue weighted by Gasteiger charge is -2.36. The van der Waals surface area contributed by atoms with Crippen LogP contribution in [-0.2, 0) is 16.3 Å². The van der Waals surface area contributed by atoms with E-state index in [0.29, 0.717) is 5.75 Å². The van der Waals surface area contributed by atoms with Crippen LogP contribution in [0.3, 0.4) is 0 Å². The van der Waals surface area contributed by atoms with Crippen molar-refractivity contribution in [3.63, 3.8) is 0 Å². The molecule has 0 saturated heterocycles. The zero-order valence-electron chi connectivity index (χ0n) is 18.2. The highest BCUT2D eigenvalue weighted by Gasteiger charge is 2.29. The molecule has 1 N–H and O–H groups in total. The zero-order chi connectivity index (χ0) is 23.2. The largest absolute Gasteiger partial charge is 0.483 e. The third-order valence-corrected chi connectivity index (χ3v) is 7.36. The van der Waals surface area contributed by atoms with Crippen molar-refractivity contribution in [3.8, 4) is 0 Å². The lowest BCUT2D eigenvalue weighted by atomic mass is 9.51. The molecule has 0 fully saturated rings. The second kappa shape index (κ2) is 14.8. The number of rotatable bonds is 12.